The molecule has 2 rings (SSSR count). The van der Waals surface area contributed by atoms with Crippen molar-refractivity contribution in [2.45, 2.75) is 13.1 Å². The summed E-state index contributed by atoms with van der Waals surface area (Å²) in [6.45, 7) is 1.54. The zero-order chi connectivity index (χ0) is 15.6. The second-order valence-corrected chi connectivity index (χ2v) is 4.09. The quantitative estimate of drug-likeness (QED) is 0.923. The van der Waals surface area contributed by atoms with Gasteiger partial charge in [0, 0.05) is 0 Å². The summed E-state index contributed by atoms with van der Waals surface area (Å²) in [6.07, 6.45) is -3.49. The first-order chi connectivity index (χ1) is 9.82. The molecule has 1 aromatic carbocycles. The van der Waals surface area contributed by atoms with Crippen molar-refractivity contribution < 1.29 is 22.4 Å². The Morgan fingerprint density at radius 3 is 2.67 bits per heavy atom. The first-order valence-electron chi connectivity index (χ1n) is 5.65. The van der Waals surface area contributed by atoms with Gasteiger partial charge >= 0.3 is 6.18 Å². The summed E-state index contributed by atoms with van der Waals surface area (Å²) in [5.41, 5.74) is -0.965. The molecular formula is C13H8F3N3O2. The molecule has 0 radical (unpaired) electrons. The van der Waals surface area contributed by atoms with Crippen LogP contribution in [0, 0.1) is 18.3 Å². The van der Waals surface area contributed by atoms with Gasteiger partial charge in [-0.3, -0.25) is 4.79 Å². The summed E-state index contributed by atoms with van der Waals surface area (Å²) in [6, 6.07) is 4.08. The monoisotopic (exact) mass is 295 g/mol. The largest absolute Gasteiger partial charge is 0.438 e. The highest BCUT2D eigenvalue weighted by Crippen LogP contribution is 2.31. The molecule has 2 aromatic rings. The molecule has 108 valence electrons. The molecule has 0 bridgehead atoms. The van der Waals surface area contributed by atoms with E-state index < -0.39 is 17.6 Å². The van der Waals surface area contributed by atoms with Crippen molar-refractivity contribution >= 4 is 11.6 Å². The third-order valence-electron chi connectivity index (χ3n) is 2.67. The van der Waals surface area contributed by atoms with Gasteiger partial charge in [0.25, 0.3) is 5.91 Å². The Hall–Kier alpha value is -2.82. The smallest absolute Gasteiger partial charge is 0.416 e. The van der Waals surface area contributed by atoms with Crippen molar-refractivity contribution in [3.8, 4) is 6.07 Å². The lowest BCUT2D eigenvalue weighted by Crippen LogP contribution is -2.14. The molecule has 1 aromatic heterocycles. The zero-order valence-corrected chi connectivity index (χ0v) is 10.7. The van der Waals surface area contributed by atoms with Crippen molar-refractivity contribution in [1.82, 2.24) is 4.98 Å². The Morgan fingerprint density at radius 2 is 2.14 bits per heavy atom. The molecule has 8 heteroatoms. The van der Waals surface area contributed by atoms with Crippen LogP contribution < -0.4 is 5.32 Å². The topological polar surface area (TPSA) is 78.9 Å². The zero-order valence-electron chi connectivity index (χ0n) is 10.7. The number of aryl methyl sites for hydroxylation is 1. The number of hydrogen-bond acceptors (Lipinski definition) is 4. The minimum Gasteiger partial charge on any atom is -0.438 e. The number of nitrogens with one attached hydrogen (secondary N) is 1. The molecule has 0 aliphatic heterocycles. The number of benzene rings is 1. The second-order valence-electron chi connectivity index (χ2n) is 4.09. The van der Waals surface area contributed by atoms with Gasteiger partial charge in [-0.25, -0.2) is 4.98 Å². The Morgan fingerprint density at radius 1 is 1.43 bits per heavy atom. The number of anilines is 1. The number of carbonyl (C=O) groups excluding carboxylic acids is 1. The molecule has 0 aliphatic carbocycles. The van der Waals surface area contributed by atoms with E-state index in [0.29, 0.717) is 11.8 Å². The number of oxazole rings is 1. The van der Waals surface area contributed by atoms with E-state index in [0.717, 1.165) is 18.5 Å². The first-order valence-corrected chi connectivity index (χ1v) is 5.65. The van der Waals surface area contributed by atoms with Gasteiger partial charge < -0.3 is 9.73 Å². The predicted octanol–water partition coefficient (Wildman–Crippen LogP) is 3.13. The number of halogens is 3. The van der Waals surface area contributed by atoms with Crippen LogP contribution in [0.25, 0.3) is 0 Å². The summed E-state index contributed by atoms with van der Waals surface area (Å²) in [7, 11) is 0. The number of hydrogen-bond donors (Lipinski definition) is 1. The van der Waals surface area contributed by atoms with E-state index in [-0.39, 0.29) is 17.0 Å². The highest BCUT2D eigenvalue weighted by Gasteiger charge is 2.31. The van der Waals surface area contributed by atoms with Gasteiger partial charge in [0.1, 0.15) is 6.07 Å². The van der Waals surface area contributed by atoms with E-state index in [1.54, 1.807) is 6.07 Å². The van der Waals surface area contributed by atoms with Gasteiger partial charge in [-0.2, -0.15) is 18.4 Å². The van der Waals surface area contributed by atoms with Crippen LogP contribution in [0.2, 0.25) is 0 Å². The summed E-state index contributed by atoms with van der Waals surface area (Å²) in [4.78, 5) is 15.6. The van der Waals surface area contributed by atoms with Gasteiger partial charge in [0.15, 0.2) is 6.39 Å². The maximum Gasteiger partial charge on any atom is 0.416 e. The first kappa shape index (κ1) is 14.6. The van der Waals surface area contributed by atoms with Crippen molar-refractivity contribution in [1.29, 1.82) is 5.26 Å². The van der Waals surface area contributed by atoms with Crippen LogP contribution in [0.4, 0.5) is 18.9 Å². The van der Waals surface area contributed by atoms with Crippen LogP contribution in [0.1, 0.15) is 27.4 Å². The van der Waals surface area contributed by atoms with Gasteiger partial charge in [0.2, 0.25) is 5.76 Å². The van der Waals surface area contributed by atoms with E-state index in [4.69, 9.17) is 9.68 Å². The number of carbonyl (C=O) groups is 1. The standard InChI is InChI=1S/C13H8F3N3O2/c1-7-11(21-6-18-7)12(20)19-10-3-2-9(13(14,15)16)4-8(10)5-17/h2-4,6H,1H3,(H,19,20). The summed E-state index contributed by atoms with van der Waals surface area (Å²) in [5.74, 6) is -0.764. The third kappa shape index (κ3) is 3.02. The van der Waals surface area contributed by atoms with Gasteiger partial charge in [-0.15, -0.1) is 0 Å². The SMILES string of the molecule is Cc1ncoc1C(=O)Nc1ccc(C(F)(F)F)cc1C#N. The van der Waals surface area contributed by atoms with E-state index >= 15 is 0 Å². The summed E-state index contributed by atoms with van der Waals surface area (Å²) < 4.78 is 42.5. The highest BCUT2D eigenvalue weighted by molar-refractivity contribution is 6.03. The van der Waals surface area contributed by atoms with Gasteiger partial charge in [-0.1, -0.05) is 0 Å². The molecule has 0 fully saturated rings. The predicted molar refractivity (Wildman–Crippen MR) is 65.4 cm³/mol. The van der Waals surface area contributed by atoms with E-state index in [1.165, 1.54) is 6.92 Å². The van der Waals surface area contributed by atoms with Crippen LogP contribution in [-0.2, 0) is 6.18 Å². The number of alkyl halides is 3. The minimum absolute atomic E-state index is 0.0358. The van der Waals surface area contributed by atoms with Crippen LogP contribution in [0.3, 0.4) is 0 Å². The molecule has 0 unspecified atom stereocenters. The van der Waals surface area contributed by atoms with Gasteiger partial charge in [0.05, 0.1) is 22.5 Å². The van der Waals surface area contributed by atoms with E-state index in [2.05, 4.69) is 10.3 Å². The Bertz CT molecular complexity index is 729. The van der Waals surface area contributed by atoms with Crippen molar-refractivity contribution in [3.63, 3.8) is 0 Å². The molecule has 0 saturated heterocycles. The normalized spacial score (nSPS) is 11.0. The molecule has 1 N–H and O–H groups in total. The van der Waals surface area contributed by atoms with Crippen LogP contribution in [-0.4, -0.2) is 10.9 Å². The Labute approximate surface area is 117 Å². The summed E-state index contributed by atoms with van der Waals surface area (Å²) in [5, 5.41) is 11.2. The molecule has 1 amide bonds. The molecule has 21 heavy (non-hydrogen) atoms. The van der Waals surface area contributed by atoms with Crippen LogP contribution in [0.5, 0.6) is 0 Å². The second kappa shape index (κ2) is 5.28. The van der Waals surface area contributed by atoms with Crippen LogP contribution >= 0.6 is 0 Å². The molecule has 0 atom stereocenters. The fourth-order valence-electron chi connectivity index (χ4n) is 1.62. The number of amides is 1. The molecule has 5 nitrogen and oxygen atoms in total. The van der Waals surface area contributed by atoms with E-state index in [1.807, 2.05) is 0 Å². The minimum atomic E-state index is -4.56. The lowest BCUT2D eigenvalue weighted by Gasteiger charge is -2.10. The average Bonchev–Trinajstić information content (AvgIpc) is 2.84. The Balaban J connectivity index is 2.31. The number of aromatic nitrogens is 1. The fraction of sp³-hybridized carbons (Fsp3) is 0.154. The maximum atomic E-state index is 12.6. The number of nitriles is 1. The molecular weight excluding hydrogens is 287 g/mol. The van der Waals surface area contributed by atoms with Gasteiger partial charge in [-0.05, 0) is 25.1 Å². The fourth-order valence-corrected chi connectivity index (χ4v) is 1.62. The average molecular weight is 295 g/mol. The number of nitrogens with zero attached hydrogens (tertiary/aromatic N) is 2. The van der Waals surface area contributed by atoms with Crippen LogP contribution in [0.15, 0.2) is 29.0 Å². The lowest BCUT2D eigenvalue weighted by molar-refractivity contribution is -0.137. The molecule has 1 heterocycles. The summed E-state index contributed by atoms with van der Waals surface area (Å²) >= 11 is 0. The number of rotatable bonds is 2. The molecule has 0 aliphatic rings. The Kier molecular flexibility index (Phi) is 3.67. The van der Waals surface area contributed by atoms with E-state index in [9.17, 15) is 18.0 Å². The molecule has 0 saturated carbocycles. The third-order valence-corrected chi connectivity index (χ3v) is 2.67. The lowest BCUT2D eigenvalue weighted by atomic mass is 10.1. The van der Waals surface area contributed by atoms with Crippen molar-refractivity contribution in [3.05, 3.63) is 47.2 Å². The van der Waals surface area contributed by atoms with Crippen molar-refractivity contribution in [2.24, 2.45) is 0 Å². The highest BCUT2D eigenvalue weighted by atomic mass is 19.4. The van der Waals surface area contributed by atoms with Crippen molar-refractivity contribution in [2.75, 3.05) is 5.32 Å². The maximum absolute atomic E-state index is 12.6. The molecule has 0 spiro atoms.